The third kappa shape index (κ3) is 2.39. The van der Waals surface area contributed by atoms with Crippen molar-refractivity contribution >= 4 is 17.5 Å². The summed E-state index contributed by atoms with van der Waals surface area (Å²) in [7, 11) is 3.67. The molecule has 0 saturated heterocycles. The molecule has 18 heavy (non-hydrogen) atoms. The second kappa shape index (κ2) is 5.31. The molecule has 0 heterocycles. The fourth-order valence-corrected chi connectivity index (χ4v) is 3.19. The summed E-state index contributed by atoms with van der Waals surface area (Å²) in [4.78, 5) is 14.3. The Balaban J connectivity index is 2.44. The molecule has 1 aromatic carbocycles. The molecule has 2 rings (SSSR count). The van der Waals surface area contributed by atoms with Crippen LogP contribution in [0.5, 0.6) is 0 Å². The average Bonchev–Trinajstić information content (AvgIpc) is 2.38. The van der Waals surface area contributed by atoms with Gasteiger partial charge in [0.2, 0.25) is 5.91 Å². The largest absolute Gasteiger partial charge is 0.348 e. The molecule has 0 aliphatic heterocycles. The Labute approximate surface area is 114 Å². The van der Waals surface area contributed by atoms with Crippen molar-refractivity contribution in [1.29, 1.82) is 0 Å². The summed E-state index contributed by atoms with van der Waals surface area (Å²) in [6, 6.07) is 7.80. The highest BCUT2D eigenvalue weighted by molar-refractivity contribution is 6.30. The standard InChI is InChI=1S/C15H20ClNO/c1-17(2)14(18)15(9-4-3-5-10-15)12-7-6-8-13(16)11-12/h6-8,11H,3-5,9-10H2,1-2H3. The zero-order chi connectivity index (χ0) is 13.2. The van der Waals surface area contributed by atoms with Gasteiger partial charge in [0.1, 0.15) is 0 Å². The van der Waals surface area contributed by atoms with Gasteiger partial charge in [-0.15, -0.1) is 0 Å². The minimum absolute atomic E-state index is 0.212. The van der Waals surface area contributed by atoms with Crippen LogP contribution in [0, 0.1) is 0 Å². The van der Waals surface area contributed by atoms with Crippen LogP contribution in [0.15, 0.2) is 24.3 Å². The van der Waals surface area contributed by atoms with E-state index in [1.807, 2.05) is 38.4 Å². The Morgan fingerprint density at radius 3 is 2.44 bits per heavy atom. The number of hydrogen-bond donors (Lipinski definition) is 0. The molecule has 0 unspecified atom stereocenters. The van der Waals surface area contributed by atoms with Gasteiger partial charge < -0.3 is 4.90 Å². The maximum absolute atomic E-state index is 12.6. The topological polar surface area (TPSA) is 20.3 Å². The van der Waals surface area contributed by atoms with Crippen molar-refractivity contribution < 1.29 is 4.79 Å². The van der Waals surface area contributed by atoms with E-state index >= 15 is 0 Å². The Kier molecular flexibility index (Phi) is 3.96. The van der Waals surface area contributed by atoms with Gasteiger partial charge in [-0.2, -0.15) is 0 Å². The van der Waals surface area contributed by atoms with Crippen LogP contribution in [0.2, 0.25) is 5.02 Å². The molecular weight excluding hydrogens is 246 g/mol. The van der Waals surface area contributed by atoms with E-state index in [-0.39, 0.29) is 11.3 Å². The van der Waals surface area contributed by atoms with E-state index in [1.165, 1.54) is 6.42 Å². The predicted molar refractivity (Wildman–Crippen MR) is 74.9 cm³/mol. The van der Waals surface area contributed by atoms with Gasteiger partial charge in [-0.05, 0) is 30.5 Å². The van der Waals surface area contributed by atoms with Crippen LogP contribution >= 0.6 is 11.6 Å². The Morgan fingerprint density at radius 1 is 1.22 bits per heavy atom. The lowest BCUT2D eigenvalue weighted by Crippen LogP contribution is -2.45. The van der Waals surface area contributed by atoms with E-state index in [4.69, 9.17) is 11.6 Å². The monoisotopic (exact) mass is 265 g/mol. The molecule has 1 amide bonds. The van der Waals surface area contributed by atoms with Crippen LogP contribution in [0.1, 0.15) is 37.7 Å². The van der Waals surface area contributed by atoms with Crippen LogP contribution in [0.4, 0.5) is 0 Å². The van der Waals surface area contributed by atoms with E-state index in [0.717, 1.165) is 31.2 Å². The summed E-state index contributed by atoms with van der Waals surface area (Å²) in [5, 5.41) is 0.712. The van der Waals surface area contributed by atoms with E-state index in [0.29, 0.717) is 5.02 Å². The van der Waals surface area contributed by atoms with Gasteiger partial charge in [-0.3, -0.25) is 4.79 Å². The molecule has 98 valence electrons. The number of carbonyl (C=O) groups is 1. The highest BCUT2D eigenvalue weighted by atomic mass is 35.5. The quantitative estimate of drug-likeness (QED) is 0.800. The van der Waals surface area contributed by atoms with Gasteiger partial charge in [0, 0.05) is 19.1 Å². The Morgan fingerprint density at radius 2 is 1.89 bits per heavy atom. The number of hydrogen-bond acceptors (Lipinski definition) is 1. The fraction of sp³-hybridized carbons (Fsp3) is 0.533. The lowest BCUT2D eigenvalue weighted by molar-refractivity contribution is -0.136. The summed E-state index contributed by atoms with van der Waals surface area (Å²) in [6.45, 7) is 0. The minimum Gasteiger partial charge on any atom is -0.348 e. The third-order valence-electron chi connectivity index (χ3n) is 3.90. The second-order valence-electron chi connectivity index (χ2n) is 5.35. The molecule has 1 fully saturated rings. The van der Waals surface area contributed by atoms with Crippen LogP contribution in [-0.4, -0.2) is 24.9 Å². The van der Waals surface area contributed by atoms with Crippen molar-refractivity contribution in [3.63, 3.8) is 0 Å². The number of rotatable bonds is 2. The predicted octanol–water partition coefficient (Wildman–Crippen LogP) is 3.63. The first-order valence-corrected chi connectivity index (χ1v) is 6.92. The van der Waals surface area contributed by atoms with Crippen LogP contribution in [-0.2, 0) is 10.2 Å². The maximum Gasteiger partial charge on any atom is 0.232 e. The van der Waals surface area contributed by atoms with Crippen molar-refractivity contribution in [2.24, 2.45) is 0 Å². The Hall–Kier alpha value is -1.02. The highest BCUT2D eigenvalue weighted by Crippen LogP contribution is 2.41. The number of amides is 1. The van der Waals surface area contributed by atoms with E-state index < -0.39 is 0 Å². The number of nitrogens with zero attached hydrogens (tertiary/aromatic N) is 1. The van der Waals surface area contributed by atoms with E-state index in [9.17, 15) is 4.79 Å². The van der Waals surface area contributed by atoms with Crippen molar-refractivity contribution in [3.8, 4) is 0 Å². The van der Waals surface area contributed by atoms with Gasteiger partial charge in [0.15, 0.2) is 0 Å². The lowest BCUT2D eigenvalue weighted by atomic mass is 9.68. The summed E-state index contributed by atoms with van der Waals surface area (Å²) in [5.41, 5.74) is 0.723. The van der Waals surface area contributed by atoms with E-state index in [2.05, 4.69) is 0 Å². The molecular formula is C15H20ClNO. The molecule has 0 atom stereocenters. The van der Waals surface area contributed by atoms with E-state index in [1.54, 1.807) is 4.90 Å². The molecule has 0 N–H and O–H groups in total. The molecule has 0 aromatic heterocycles. The molecule has 3 heteroatoms. The first-order chi connectivity index (χ1) is 8.56. The highest BCUT2D eigenvalue weighted by Gasteiger charge is 2.41. The number of likely N-dealkylation sites (N-methyl/N-ethyl adjacent to an activating group) is 1. The summed E-state index contributed by atoms with van der Waals surface area (Å²) in [6.07, 6.45) is 5.33. The zero-order valence-corrected chi connectivity index (χ0v) is 11.8. The molecule has 1 aliphatic carbocycles. The number of benzene rings is 1. The van der Waals surface area contributed by atoms with Crippen molar-refractivity contribution in [2.45, 2.75) is 37.5 Å². The van der Waals surface area contributed by atoms with Crippen LogP contribution in [0.3, 0.4) is 0 Å². The van der Waals surface area contributed by atoms with Gasteiger partial charge in [0.05, 0.1) is 5.41 Å². The normalized spacial score (nSPS) is 18.4. The molecule has 1 aliphatic rings. The van der Waals surface area contributed by atoms with Gasteiger partial charge in [-0.1, -0.05) is 43.0 Å². The minimum atomic E-state index is -0.355. The van der Waals surface area contributed by atoms with Crippen molar-refractivity contribution in [1.82, 2.24) is 4.90 Å². The summed E-state index contributed by atoms with van der Waals surface area (Å²) >= 11 is 6.09. The van der Waals surface area contributed by atoms with Gasteiger partial charge >= 0.3 is 0 Å². The second-order valence-corrected chi connectivity index (χ2v) is 5.79. The molecule has 0 bridgehead atoms. The third-order valence-corrected chi connectivity index (χ3v) is 4.13. The lowest BCUT2D eigenvalue weighted by Gasteiger charge is -2.38. The molecule has 0 radical (unpaired) electrons. The number of halogens is 1. The van der Waals surface area contributed by atoms with Crippen molar-refractivity contribution in [2.75, 3.05) is 14.1 Å². The van der Waals surface area contributed by atoms with Gasteiger partial charge in [0.25, 0.3) is 0 Å². The summed E-state index contributed by atoms with van der Waals surface area (Å²) in [5.74, 6) is 0.212. The van der Waals surface area contributed by atoms with Crippen LogP contribution < -0.4 is 0 Å². The molecule has 0 spiro atoms. The van der Waals surface area contributed by atoms with Crippen molar-refractivity contribution in [3.05, 3.63) is 34.9 Å². The van der Waals surface area contributed by atoms with Crippen LogP contribution in [0.25, 0.3) is 0 Å². The molecule has 1 saturated carbocycles. The first kappa shape index (κ1) is 13.4. The number of carbonyl (C=O) groups excluding carboxylic acids is 1. The first-order valence-electron chi connectivity index (χ1n) is 6.54. The average molecular weight is 266 g/mol. The zero-order valence-electron chi connectivity index (χ0n) is 11.1. The molecule has 1 aromatic rings. The summed E-state index contributed by atoms with van der Waals surface area (Å²) < 4.78 is 0. The van der Waals surface area contributed by atoms with Gasteiger partial charge in [-0.25, -0.2) is 0 Å². The smallest absolute Gasteiger partial charge is 0.232 e. The maximum atomic E-state index is 12.6. The fourth-order valence-electron chi connectivity index (χ4n) is 3.00. The Bertz CT molecular complexity index is 436. The molecule has 2 nitrogen and oxygen atoms in total. The SMILES string of the molecule is CN(C)C(=O)C1(c2cccc(Cl)c2)CCCCC1.